The van der Waals surface area contributed by atoms with Gasteiger partial charge in [-0.2, -0.15) is 16.9 Å². The van der Waals surface area contributed by atoms with Gasteiger partial charge in [0.2, 0.25) is 0 Å². The second kappa shape index (κ2) is 5.48. The molecule has 0 unspecified atom stereocenters. The number of hydrogen-bond donors (Lipinski definition) is 1. The van der Waals surface area contributed by atoms with Crippen LogP contribution in [0, 0.1) is 0 Å². The van der Waals surface area contributed by atoms with Gasteiger partial charge >= 0.3 is 0 Å². The minimum atomic E-state index is 0.130. The molecule has 3 rings (SSSR count). The molecule has 2 aromatic rings. The summed E-state index contributed by atoms with van der Waals surface area (Å²) in [6, 6.07) is 7.74. The highest BCUT2D eigenvalue weighted by atomic mass is 32.2. The molecular formula is C14H15N3OS. The van der Waals surface area contributed by atoms with Crippen LogP contribution in [0.25, 0.3) is 11.1 Å². The number of amides is 1. The zero-order valence-corrected chi connectivity index (χ0v) is 11.3. The maximum absolute atomic E-state index is 12.4. The third kappa shape index (κ3) is 2.66. The van der Waals surface area contributed by atoms with Gasteiger partial charge in [0.1, 0.15) is 0 Å². The smallest absolute Gasteiger partial charge is 0.253 e. The van der Waals surface area contributed by atoms with Gasteiger partial charge < -0.3 is 4.90 Å². The highest BCUT2D eigenvalue weighted by Gasteiger charge is 2.18. The first kappa shape index (κ1) is 12.3. The van der Waals surface area contributed by atoms with Crippen molar-refractivity contribution >= 4 is 17.7 Å². The summed E-state index contributed by atoms with van der Waals surface area (Å²) < 4.78 is 0. The van der Waals surface area contributed by atoms with Gasteiger partial charge in [-0.05, 0) is 17.7 Å². The van der Waals surface area contributed by atoms with E-state index in [4.69, 9.17) is 0 Å². The van der Waals surface area contributed by atoms with E-state index >= 15 is 0 Å². The minimum absolute atomic E-state index is 0.130. The number of nitrogens with zero attached hydrogens (tertiary/aromatic N) is 2. The van der Waals surface area contributed by atoms with Crippen LogP contribution in [0.2, 0.25) is 0 Å². The van der Waals surface area contributed by atoms with Crippen LogP contribution in [0.4, 0.5) is 0 Å². The molecule has 0 bridgehead atoms. The third-order valence-corrected chi connectivity index (χ3v) is 4.18. The standard InChI is InChI=1S/C14H15N3OS/c18-14(17-4-6-19-7-5-17)12-3-1-2-11(8-12)13-9-15-16-10-13/h1-3,8-10H,4-7H2,(H,15,16). The zero-order valence-electron chi connectivity index (χ0n) is 10.5. The van der Waals surface area contributed by atoms with E-state index in [0.29, 0.717) is 0 Å². The number of rotatable bonds is 2. The summed E-state index contributed by atoms with van der Waals surface area (Å²) in [6.07, 6.45) is 3.60. The fourth-order valence-electron chi connectivity index (χ4n) is 2.19. The number of carbonyl (C=O) groups is 1. The van der Waals surface area contributed by atoms with Crippen molar-refractivity contribution in [1.82, 2.24) is 15.1 Å². The Hall–Kier alpha value is -1.75. The molecule has 1 aliphatic heterocycles. The lowest BCUT2D eigenvalue weighted by Crippen LogP contribution is -2.37. The van der Waals surface area contributed by atoms with E-state index in [2.05, 4.69) is 10.2 Å². The highest BCUT2D eigenvalue weighted by Crippen LogP contribution is 2.20. The van der Waals surface area contributed by atoms with Crippen LogP contribution >= 0.6 is 11.8 Å². The van der Waals surface area contributed by atoms with E-state index in [1.54, 1.807) is 6.20 Å². The Morgan fingerprint density at radius 1 is 1.26 bits per heavy atom. The van der Waals surface area contributed by atoms with E-state index in [9.17, 15) is 4.79 Å². The second-order valence-corrected chi connectivity index (χ2v) is 5.70. The number of carbonyl (C=O) groups excluding carboxylic acids is 1. The predicted molar refractivity (Wildman–Crippen MR) is 77.3 cm³/mol. The Morgan fingerprint density at radius 2 is 2.11 bits per heavy atom. The molecule has 0 aliphatic carbocycles. The van der Waals surface area contributed by atoms with Crippen LogP contribution in [-0.2, 0) is 0 Å². The number of benzene rings is 1. The van der Waals surface area contributed by atoms with Crippen molar-refractivity contribution in [3.63, 3.8) is 0 Å². The molecule has 0 radical (unpaired) electrons. The van der Waals surface area contributed by atoms with Gasteiger partial charge in [-0.25, -0.2) is 0 Å². The molecule has 98 valence electrons. The third-order valence-electron chi connectivity index (χ3n) is 3.24. The van der Waals surface area contributed by atoms with Crippen LogP contribution in [0.15, 0.2) is 36.7 Å². The molecule has 1 amide bonds. The summed E-state index contributed by atoms with van der Waals surface area (Å²) >= 11 is 1.91. The number of aromatic amines is 1. The molecule has 1 aliphatic rings. The summed E-state index contributed by atoms with van der Waals surface area (Å²) in [7, 11) is 0. The average molecular weight is 273 g/mol. The number of thioether (sulfide) groups is 1. The van der Waals surface area contributed by atoms with Gasteiger partial charge in [0.15, 0.2) is 0 Å². The van der Waals surface area contributed by atoms with Crippen molar-refractivity contribution < 1.29 is 4.79 Å². The van der Waals surface area contributed by atoms with Crippen molar-refractivity contribution in [1.29, 1.82) is 0 Å². The molecule has 4 nitrogen and oxygen atoms in total. The second-order valence-electron chi connectivity index (χ2n) is 4.47. The normalized spacial score (nSPS) is 15.5. The first-order valence-electron chi connectivity index (χ1n) is 6.31. The quantitative estimate of drug-likeness (QED) is 0.913. The number of aromatic nitrogens is 2. The van der Waals surface area contributed by atoms with Crippen molar-refractivity contribution in [3.8, 4) is 11.1 Å². The molecule has 1 aromatic carbocycles. The Bertz CT molecular complexity index is 562. The Balaban J connectivity index is 1.84. The Kier molecular flexibility index (Phi) is 3.55. The largest absolute Gasteiger partial charge is 0.337 e. The van der Waals surface area contributed by atoms with Gasteiger partial charge in [0.05, 0.1) is 6.20 Å². The first-order chi connectivity index (χ1) is 9.34. The lowest BCUT2D eigenvalue weighted by Gasteiger charge is -2.26. The van der Waals surface area contributed by atoms with E-state index in [1.165, 1.54) is 0 Å². The summed E-state index contributed by atoms with van der Waals surface area (Å²) in [5, 5.41) is 6.73. The molecule has 1 N–H and O–H groups in total. The topological polar surface area (TPSA) is 49.0 Å². The fraction of sp³-hybridized carbons (Fsp3) is 0.286. The number of hydrogen-bond acceptors (Lipinski definition) is 3. The molecule has 0 saturated carbocycles. The van der Waals surface area contributed by atoms with E-state index in [0.717, 1.165) is 41.3 Å². The van der Waals surface area contributed by atoms with Crippen molar-refractivity contribution in [2.75, 3.05) is 24.6 Å². The van der Waals surface area contributed by atoms with Crippen LogP contribution in [-0.4, -0.2) is 45.6 Å². The van der Waals surface area contributed by atoms with Gasteiger partial charge in [0.25, 0.3) is 5.91 Å². The van der Waals surface area contributed by atoms with Gasteiger partial charge in [-0.3, -0.25) is 9.89 Å². The van der Waals surface area contributed by atoms with Crippen molar-refractivity contribution in [2.45, 2.75) is 0 Å². The summed E-state index contributed by atoms with van der Waals surface area (Å²) in [4.78, 5) is 14.4. The predicted octanol–water partition coefficient (Wildman–Crippen LogP) is 2.27. The SMILES string of the molecule is O=C(c1cccc(-c2cn[nH]c2)c1)N1CCSCC1. The molecular weight excluding hydrogens is 258 g/mol. The fourth-order valence-corrected chi connectivity index (χ4v) is 3.09. The van der Waals surface area contributed by atoms with Crippen LogP contribution in [0.5, 0.6) is 0 Å². The number of nitrogens with one attached hydrogen (secondary N) is 1. The van der Waals surface area contributed by atoms with Gasteiger partial charge in [-0.1, -0.05) is 12.1 Å². The monoisotopic (exact) mass is 273 g/mol. The Labute approximate surface area is 116 Å². The van der Waals surface area contributed by atoms with E-state index in [-0.39, 0.29) is 5.91 Å². The molecule has 0 spiro atoms. The molecule has 0 atom stereocenters. The van der Waals surface area contributed by atoms with E-state index < -0.39 is 0 Å². The molecule has 19 heavy (non-hydrogen) atoms. The first-order valence-corrected chi connectivity index (χ1v) is 7.46. The summed E-state index contributed by atoms with van der Waals surface area (Å²) in [5.74, 6) is 2.20. The number of H-pyrrole nitrogens is 1. The average Bonchev–Trinajstić information content (AvgIpc) is 3.02. The van der Waals surface area contributed by atoms with Gasteiger partial charge in [0, 0.05) is 41.9 Å². The van der Waals surface area contributed by atoms with Crippen LogP contribution < -0.4 is 0 Å². The minimum Gasteiger partial charge on any atom is -0.337 e. The zero-order chi connectivity index (χ0) is 13.1. The van der Waals surface area contributed by atoms with Crippen molar-refractivity contribution in [3.05, 3.63) is 42.2 Å². The van der Waals surface area contributed by atoms with Gasteiger partial charge in [-0.15, -0.1) is 0 Å². The Morgan fingerprint density at radius 3 is 2.84 bits per heavy atom. The van der Waals surface area contributed by atoms with Crippen molar-refractivity contribution in [2.24, 2.45) is 0 Å². The molecule has 1 aromatic heterocycles. The molecule has 1 saturated heterocycles. The molecule has 1 fully saturated rings. The van der Waals surface area contributed by atoms with Crippen LogP contribution in [0.1, 0.15) is 10.4 Å². The lowest BCUT2D eigenvalue weighted by molar-refractivity contribution is 0.0772. The maximum Gasteiger partial charge on any atom is 0.253 e. The molecule has 5 heteroatoms. The summed E-state index contributed by atoms with van der Waals surface area (Å²) in [6.45, 7) is 1.69. The van der Waals surface area contributed by atoms with Crippen LogP contribution in [0.3, 0.4) is 0 Å². The van der Waals surface area contributed by atoms with E-state index in [1.807, 2.05) is 47.1 Å². The molecule has 2 heterocycles. The highest BCUT2D eigenvalue weighted by molar-refractivity contribution is 7.99. The lowest BCUT2D eigenvalue weighted by atomic mass is 10.1. The summed E-state index contributed by atoms with van der Waals surface area (Å²) in [5.41, 5.74) is 2.78. The maximum atomic E-state index is 12.4.